The molecular formula is C44H65IN2O16. The van der Waals surface area contributed by atoms with Gasteiger partial charge in [0.2, 0.25) is 0 Å². The predicted molar refractivity (Wildman–Crippen MR) is 234 cm³/mol. The van der Waals surface area contributed by atoms with Crippen molar-refractivity contribution in [2.75, 3.05) is 17.6 Å². The third-order valence-corrected chi connectivity index (χ3v) is 9.74. The summed E-state index contributed by atoms with van der Waals surface area (Å²) in [6, 6.07) is 7.03. The Hall–Kier alpha value is -4.69. The lowest BCUT2D eigenvalue weighted by atomic mass is 9.91. The van der Waals surface area contributed by atoms with Crippen LogP contribution in [0.25, 0.3) is 0 Å². The number of hydrogen-bond acceptors (Lipinski definition) is 16. The zero-order valence-corrected chi connectivity index (χ0v) is 40.5. The zero-order chi connectivity index (χ0) is 47.8. The Morgan fingerprint density at radius 2 is 1.03 bits per heavy atom. The Morgan fingerprint density at radius 1 is 0.651 bits per heavy atom. The van der Waals surface area contributed by atoms with E-state index >= 15 is 0 Å². The number of esters is 6. The average molecular weight is 1000 g/mol. The summed E-state index contributed by atoms with van der Waals surface area (Å²) in [6.45, 7) is 19.0. The predicted octanol–water partition coefficient (Wildman–Crippen LogP) is 5.56. The van der Waals surface area contributed by atoms with E-state index in [9.17, 15) is 38.4 Å². The minimum atomic E-state index is -1.27. The summed E-state index contributed by atoms with van der Waals surface area (Å²) >= 11 is 2.10. The fraction of sp³-hybridized carbons (Fsp3) is 0.682. The summed E-state index contributed by atoms with van der Waals surface area (Å²) in [7, 11) is 0. The maximum absolute atomic E-state index is 13.1. The standard InChI is InChI=1S/C25H35NO8.C19H30INO8/c1-15(2)21(27)33-20-16(3)32-23(29)19(26-24(30)34-25(4,5)6)14-31-22(28)18(20)13-12-17-10-8-7-9-11-17;1-10(2)15(22)28-14-11(3)27-17(24)13(21-18(25)29-19(4,5)6)9-26-16(23)12(14)7-8-20/h7-11,15-16,18-20H,12-14H2,1-6H3,(H,26,30);10-14H,7-9H2,1-6H3,(H,21,25)/t16-,18+,19-,20-;11-,12+,13-,14-/m00/s1. The Balaban J connectivity index is 0.000000439. The summed E-state index contributed by atoms with van der Waals surface area (Å²) < 4.78 is 43.6. The van der Waals surface area contributed by atoms with Gasteiger partial charge in [-0.15, -0.1) is 0 Å². The van der Waals surface area contributed by atoms with E-state index in [-0.39, 0.29) is 0 Å². The van der Waals surface area contributed by atoms with Gasteiger partial charge in [0.1, 0.15) is 36.6 Å². The highest BCUT2D eigenvalue weighted by Gasteiger charge is 2.44. The van der Waals surface area contributed by atoms with Crippen molar-refractivity contribution >= 4 is 70.6 Å². The molecule has 63 heavy (non-hydrogen) atoms. The molecule has 1 aromatic carbocycles. The molecule has 18 nitrogen and oxygen atoms in total. The van der Waals surface area contributed by atoms with Crippen molar-refractivity contribution in [2.45, 2.75) is 150 Å². The highest BCUT2D eigenvalue weighted by molar-refractivity contribution is 14.1. The number of alkyl carbamates (subject to hydrolysis) is 2. The first-order valence-electron chi connectivity index (χ1n) is 21.0. The van der Waals surface area contributed by atoms with Gasteiger partial charge in [-0.05, 0) is 80.2 Å². The Labute approximate surface area is 383 Å². The molecule has 0 aliphatic carbocycles. The summed E-state index contributed by atoms with van der Waals surface area (Å²) in [5, 5.41) is 4.75. The molecule has 2 fully saturated rings. The van der Waals surface area contributed by atoms with E-state index < -0.39 is 133 Å². The van der Waals surface area contributed by atoms with Crippen molar-refractivity contribution in [2.24, 2.45) is 23.7 Å². The maximum Gasteiger partial charge on any atom is 0.408 e. The van der Waals surface area contributed by atoms with Crippen molar-refractivity contribution in [3.8, 4) is 0 Å². The fourth-order valence-corrected chi connectivity index (χ4v) is 6.59. The molecule has 8 atom stereocenters. The first kappa shape index (κ1) is 54.4. The van der Waals surface area contributed by atoms with Gasteiger partial charge in [0, 0.05) is 4.43 Å². The number of benzene rings is 1. The molecule has 0 spiro atoms. The first-order chi connectivity index (χ1) is 29.2. The number of rotatable bonds is 11. The molecular weight excluding hydrogens is 939 g/mol. The Morgan fingerprint density at radius 3 is 1.38 bits per heavy atom. The molecule has 2 aliphatic heterocycles. The number of carbonyl (C=O) groups is 8. The molecule has 2 amide bonds. The van der Waals surface area contributed by atoms with Crippen LogP contribution in [0.2, 0.25) is 0 Å². The second kappa shape index (κ2) is 25.0. The van der Waals surface area contributed by atoms with E-state index in [1.54, 1.807) is 83.1 Å². The molecule has 0 unspecified atom stereocenters. The molecule has 1 aromatic rings. The number of aryl methyl sites for hydroxylation is 1. The fourth-order valence-electron chi connectivity index (χ4n) is 5.91. The van der Waals surface area contributed by atoms with E-state index in [0.29, 0.717) is 23.7 Å². The van der Waals surface area contributed by atoms with Crippen LogP contribution in [0, 0.1) is 23.7 Å². The number of cyclic esters (lactones) is 4. The van der Waals surface area contributed by atoms with Crippen molar-refractivity contribution in [1.29, 1.82) is 0 Å². The van der Waals surface area contributed by atoms with Crippen LogP contribution < -0.4 is 10.6 Å². The lowest BCUT2D eigenvalue weighted by Crippen LogP contribution is -2.48. The molecule has 2 aliphatic rings. The van der Waals surface area contributed by atoms with Crippen LogP contribution >= 0.6 is 22.6 Å². The minimum Gasteiger partial charge on any atom is -0.463 e. The topological polar surface area (TPSA) is 234 Å². The zero-order valence-electron chi connectivity index (χ0n) is 38.3. The summed E-state index contributed by atoms with van der Waals surface area (Å²) in [5.74, 6) is -6.43. The molecule has 0 radical (unpaired) electrons. The monoisotopic (exact) mass is 1000 g/mol. The van der Waals surface area contributed by atoms with E-state index in [1.165, 1.54) is 0 Å². The Kier molecular flexibility index (Phi) is 21.6. The van der Waals surface area contributed by atoms with Crippen molar-refractivity contribution < 1.29 is 76.3 Å². The lowest BCUT2D eigenvalue weighted by molar-refractivity contribution is -0.177. The number of nitrogens with one attached hydrogen (secondary N) is 2. The van der Waals surface area contributed by atoms with Crippen LogP contribution in [0.4, 0.5) is 9.59 Å². The van der Waals surface area contributed by atoms with Crippen LogP contribution in [-0.4, -0.2) is 113 Å². The van der Waals surface area contributed by atoms with Crippen LogP contribution in [0.5, 0.6) is 0 Å². The Bertz CT molecular complexity index is 1720. The molecule has 354 valence electrons. The van der Waals surface area contributed by atoms with Crippen molar-refractivity contribution in [1.82, 2.24) is 10.6 Å². The van der Waals surface area contributed by atoms with Gasteiger partial charge in [0.25, 0.3) is 0 Å². The van der Waals surface area contributed by atoms with E-state index in [1.807, 2.05) is 30.3 Å². The molecule has 0 saturated carbocycles. The van der Waals surface area contributed by atoms with Crippen LogP contribution in [0.1, 0.15) is 101 Å². The summed E-state index contributed by atoms with van der Waals surface area (Å²) in [5.41, 5.74) is -0.550. The summed E-state index contributed by atoms with van der Waals surface area (Å²) in [6.07, 6.45) is -4.37. The van der Waals surface area contributed by atoms with Crippen LogP contribution in [-0.2, 0) is 73.1 Å². The third kappa shape index (κ3) is 19.3. The smallest absolute Gasteiger partial charge is 0.408 e. The second-order valence-electron chi connectivity index (χ2n) is 17.8. The summed E-state index contributed by atoms with van der Waals surface area (Å²) in [4.78, 5) is 99.8. The van der Waals surface area contributed by atoms with Gasteiger partial charge in [-0.3, -0.25) is 19.2 Å². The first-order valence-corrected chi connectivity index (χ1v) is 22.5. The van der Waals surface area contributed by atoms with Crippen molar-refractivity contribution in [3.05, 3.63) is 35.9 Å². The van der Waals surface area contributed by atoms with Gasteiger partial charge in [-0.25, -0.2) is 19.2 Å². The number of amides is 2. The average Bonchev–Trinajstić information content (AvgIpc) is 3.22. The second-order valence-corrected chi connectivity index (χ2v) is 18.8. The third-order valence-electron chi connectivity index (χ3n) is 9.12. The minimum absolute atomic E-state index is 0.310. The number of alkyl halides is 1. The van der Waals surface area contributed by atoms with Crippen LogP contribution in [0.3, 0.4) is 0 Å². The van der Waals surface area contributed by atoms with Gasteiger partial charge in [0.05, 0.1) is 23.7 Å². The molecule has 0 bridgehead atoms. The lowest BCUT2D eigenvalue weighted by Gasteiger charge is -2.29. The molecule has 2 heterocycles. The van der Waals surface area contributed by atoms with E-state index in [0.717, 1.165) is 5.56 Å². The highest BCUT2D eigenvalue weighted by atomic mass is 127. The highest BCUT2D eigenvalue weighted by Crippen LogP contribution is 2.27. The molecule has 19 heteroatoms. The molecule has 2 saturated heterocycles. The molecule has 0 aromatic heterocycles. The van der Waals surface area contributed by atoms with Crippen LogP contribution in [0.15, 0.2) is 30.3 Å². The number of halogens is 1. The van der Waals surface area contributed by atoms with E-state index in [2.05, 4.69) is 33.2 Å². The number of carbonyl (C=O) groups excluding carboxylic acids is 8. The number of ether oxygens (including phenoxy) is 8. The quantitative estimate of drug-likeness (QED) is 0.119. The maximum atomic E-state index is 13.1. The van der Waals surface area contributed by atoms with Gasteiger partial charge in [-0.1, -0.05) is 80.6 Å². The van der Waals surface area contributed by atoms with Gasteiger partial charge in [0.15, 0.2) is 24.3 Å². The van der Waals surface area contributed by atoms with E-state index in [4.69, 9.17) is 37.9 Å². The van der Waals surface area contributed by atoms with Gasteiger partial charge >= 0.3 is 48.0 Å². The largest absolute Gasteiger partial charge is 0.463 e. The van der Waals surface area contributed by atoms with Crippen molar-refractivity contribution in [3.63, 3.8) is 0 Å². The normalized spacial score (nSPS) is 24.6. The SMILES string of the molecule is CC(C)C(=O)O[C@H]1[C@H](C)OC(=O)[C@@H](NC(=O)OC(C)(C)C)COC(=O)[C@@H]1CCI.CC(C)C(=O)O[C@H]1[C@H](C)OC(=O)[C@@H](NC(=O)OC(C)(C)C)COC(=O)[C@@H]1CCc1ccccc1. The molecule has 2 N–H and O–H groups in total. The van der Waals surface area contributed by atoms with Gasteiger partial charge in [-0.2, -0.15) is 0 Å². The molecule has 3 rings (SSSR count). The van der Waals surface area contributed by atoms with Gasteiger partial charge < -0.3 is 48.5 Å². The number of hydrogen-bond donors (Lipinski definition) is 2.